The average Bonchev–Trinajstić information content (AvgIpc) is 3.21. The summed E-state index contributed by atoms with van der Waals surface area (Å²) in [6.45, 7) is 4.14. The summed E-state index contributed by atoms with van der Waals surface area (Å²) in [6.07, 6.45) is 0. The standard InChI is InChI=1S/C28H26ClN3O3/c1-19(2)17-31(27(34)21-11-7-4-8-12-21)18-24(33)25-26(20-9-5-3-6-10-20)30-32(28(25)35)23-15-13-22(29)14-16-23/h3-16,19,30H,17-18H2,1-2H3. The number of carbonyl (C=O) groups excluding carboxylic acids is 2. The molecule has 7 heteroatoms. The Morgan fingerprint density at radius 1 is 0.914 bits per heavy atom. The Kier molecular flexibility index (Phi) is 7.32. The van der Waals surface area contributed by atoms with Crippen LogP contribution in [0.4, 0.5) is 0 Å². The molecule has 0 radical (unpaired) electrons. The molecule has 35 heavy (non-hydrogen) atoms. The Labute approximate surface area is 208 Å². The summed E-state index contributed by atoms with van der Waals surface area (Å²) in [5.41, 5.74) is 1.69. The van der Waals surface area contributed by atoms with E-state index in [4.69, 9.17) is 11.6 Å². The number of hydrogen-bond acceptors (Lipinski definition) is 3. The molecule has 4 aromatic rings. The van der Waals surface area contributed by atoms with E-state index in [2.05, 4.69) is 5.10 Å². The number of Topliss-reactive ketones (excluding diaryl/α,β-unsaturated/α-hetero) is 1. The van der Waals surface area contributed by atoms with Gasteiger partial charge in [-0.15, -0.1) is 0 Å². The number of benzene rings is 3. The van der Waals surface area contributed by atoms with E-state index >= 15 is 0 Å². The normalized spacial score (nSPS) is 11.0. The number of carbonyl (C=O) groups is 2. The van der Waals surface area contributed by atoms with Gasteiger partial charge in [0.2, 0.25) is 0 Å². The third-order valence-corrected chi connectivity index (χ3v) is 5.80. The lowest BCUT2D eigenvalue weighted by atomic mass is 10.0. The number of ketones is 1. The number of nitrogens with one attached hydrogen (secondary N) is 1. The first-order valence-electron chi connectivity index (χ1n) is 11.4. The molecule has 178 valence electrons. The molecular formula is C28H26ClN3O3. The monoisotopic (exact) mass is 487 g/mol. The zero-order valence-corrected chi connectivity index (χ0v) is 20.3. The zero-order chi connectivity index (χ0) is 24.9. The highest BCUT2D eigenvalue weighted by Gasteiger charge is 2.27. The van der Waals surface area contributed by atoms with Crippen LogP contribution in [0.3, 0.4) is 0 Å². The van der Waals surface area contributed by atoms with Gasteiger partial charge in [-0.25, -0.2) is 4.68 Å². The Balaban J connectivity index is 1.76. The largest absolute Gasteiger partial charge is 0.331 e. The van der Waals surface area contributed by atoms with E-state index in [1.54, 1.807) is 48.5 Å². The summed E-state index contributed by atoms with van der Waals surface area (Å²) in [7, 11) is 0. The van der Waals surface area contributed by atoms with E-state index in [0.717, 1.165) is 0 Å². The van der Waals surface area contributed by atoms with Gasteiger partial charge < -0.3 is 4.90 Å². The van der Waals surface area contributed by atoms with Crippen molar-refractivity contribution in [2.75, 3.05) is 13.1 Å². The maximum atomic E-state index is 13.6. The molecule has 0 aliphatic heterocycles. The van der Waals surface area contributed by atoms with E-state index in [-0.39, 0.29) is 23.9 Å². The lowest BCUT2D eigenvalue weighted by molar-refractivity contribution is 0.0691. The maximum absolute atomic E-state index is 13.6. The van der Waals surface area contributed by atoms with E-state index < -0.39 is 11.3 Å². The van der Waals surface area contributed by atoms with Gasteiger partial charge in [0.25, 0.3) is 11.5 Å². The lowest BCUT2D eigenvalue weighted by Gasteiger charge is -2.24. The van der Waals surface area contributed by atoms with Crippen LogP contribution in [-0.4, -0.2) is 39.5 Å². The molecule has 0 aliphatic rings. The lowest BCUT2D eigenvalue weighted by Crippen LogP contribution is -2.39. The quantitative estimate of drug-likeness (QED) is 0.335. The van der Waals surface area contributed by atoms with Gasteiger partial charge in [0.15, 0.2) is 5.78 Å². The van der Waals surface area contributed by atoms with Crippen molar-refractivity contribution in [3.05, 3.63) is 111 Å². The van der Waals surface area contributed by atoms with Crippen LogP contribution in [-0.2, 0) is 0 Å². The number of H-pyrrole nitrogens is 1. The van der Waals surface area contributed by atoms with E-state index in [1.165, 1.54) is 9.58 Å². The van der Waals surface area contributed by atoms with Crippen LogP contribution >= 0.6 is 11.6 Å². The molecule has 0 aliphatic carbocycles. The minimum Gasteiger partial charge on any atom is -0.331 e. The molecule has 0 atom stereocenters. The summed E-state index contributed by atoms with van der Waals surface area (Å²) in [5.74, 6) is -0.536. The number of aromatic amines is 1. The molecular weight excluding hydrogens is 462 g/mol. The summed E-state index contributed by atoms with van der Waals surface area (Å²) in [4.78, 5) is 41.9. The fourth-order valence-electron chi connectivity index (χ4n) is 3.96. The van der Waals surface area contributed by atoms with Crippen LogP contribution < -0.4 is 5.56 Å². The third kappa shape index (κ3) is 5.44. The van der Waals surface area contributed by atoms with Crippen molar-refractivity contribution < 1.29 is 9.59 Å². The minimum absolute atomic E-state index is 0.0146. The molecule has 1 heterocycles. The highest BCUT2D eigenvalue weighted by Crippen LogP contribution is 2.22. The van der Waals surface area contributed by atoms with Crippen molar-refractivity contribution in [2.45, 2.75) is 13.8 Å². The fourth-order valence-corrected chi connectivity index (χ4v) is 4.08. The molecule has 0 bridgehead atoms. The van der Waals surface area contributed by atoms with Gasteiger partial charge in [-0.05, 0) is 42.3 Å². The van der Waals surface area contributed by atoms with Gasteiger partial charge in [0.05, 0.1) is 17.9 Å². The molecule has 0 saturated carbocycles. The highest BCUT2D eigenvalue weighted by molar-refractivity contribution is 6.30. The molecule has 0 spiro atoms. The molecule has 1 aromatic heterocycles. The predicted molar refractivity (Wildman–Crippen MR) is 138 cm³/mol. The smallest absolute Gasteiger partial charge is 0.282 e. The Morgan fingerprint density at radius 2 is 1.51 bits per heavy atom. The molecule has 1 N–H and O–H groups in total. The second-order valence-corrected chi connectivity index (χ2v) is 9.15. The molecule has 3 aromatic carbocycles. The Bertz CT molecular complexity index is 1370. The molecule has 1 amide bonds. The van der Waals surface area contributed by atoms with Crippen LogP contribution in [0.25, 0.3) is 16.9 Å². The van der Waals surface area contributed by atoms with Crippen molar-refractivity contribution in [2.24, 2.45) is 5.92 Å². The van der Waals surface area contributed by atoms with Crippen molar-refractivity contribution in [3.8, 4) is 16.9 Å². The second kappa shape index (κ2) is 10.6. The zero-order valence-electron chi connectivity index (χ0n) is 19.6. The first-order valence-corrected chi connectivity index (χ1v) is 11.8. The maximum Gasteiger partial charge on any atom is 0.282 e. The summed E-state index contributed by atoms with van der Waals surface area (Å²) >= 11 is 6.01. The van der Waals surface area contributed by atoms with Crippen LogP contribution in [0.15, 0.2) is 89.7 Å². The minimum atomic E-state index is -0.479. The van der Waals surface area contributed by atoms with Crippen LogP contribution in [0.2, 0.25) is 5.02 Å². The van der Waals surface area contributed by atoms with Gasteiger partial charge in [0.1, 0.15) is 5.56 Å². The van der Waals surface area contributed by atoms with Crippen molar-refractivity contribution in [3.63, 3.8) is 0 Å². The number of aromatic nitrogens is 2. The van der Waals surface area contributed by atoms with Crippen molar-refractivity contribution in [1.82, 2.24) is 14.7 Å². The first-order chi connectivity index (χ1) is 16.8. The van der Waals surface area contributed by atoms with Gasteiger partial charge in [-0.3, -0.25) is 19.5 Å². The molecule has 0 fully saturated rings. The SMILES string of the molecule is CC(C)CN(CC(=O)c1c(-c2ccccc2)[nH]n(-c2ccc(Cl)cc2)c1=O)C(=O)c1ccccc1. The number of hydrogen-bond donors (Lipinski definition) is 1. The first kappa shape index (κ1) is 24.2. The molecule has 4 rings (SSSR count). The van der Waals surface area contributed by atoms with Crippen molar-refractivity contribution in [1.29, 1.82) is 0 Å². The van der Waals surface area contributed by atoms with E-state index in [1.807, 2.05) is 50.2 Å². The van der Waals surface area contributed by atoms with E-state index in [0.29, 0.717) is 34.1 Å². The van der Waals surface area contributed by atoms with Crippen LogP contribution in [0, 0.1) is 5.92 Å². The average molecular weight is 488 g/mol. The molecule has 6 nitrogen and oxygen atoms in total. The van der Waals surface area contributed by atoms with Crippen LogP contribution in [0.1, 0.15) is 34.6 Å². The van der Waals surface area contributed by atoms with Gasteiger partial charge >= 0.3 is 0 Å². The molecule has 0 unspecified atom stereocenters. The third-order valence-electron chi connectivity index (χ3n) is 5.54. The topological polar surface area (TPSA) is 75.2 Å². The summed E-state index contributed by atoms with van der Waals surface area (Å²) in [5, 5.41) is 3.63. The summed E-state index contributed by atoms with van der Waals surface area (Å²) < 4.78 is 1.33. The number of amides is 1. The number of rotatable bonds is 8. The highest BCUT2D eigenvalue weighted by atomic mass is 35.5. The van der Waals surface area contributed by atoms with Gasteiger partial charge in [0, 0.05) is 22.7 Å². The van der Waals surface area contributed by atoms with E-state index in [9.17, 15) is 14.4 Å². The Morgan fingerprint density at radius 3 is 2.11 bits per heavy atom. The second-order valence-electron chi connectivity index (χ2n) is 8.71. The fraction of sp³-hybridized carbons (Fsp3) is 0.179. The predicted octanol–water partition coefficient (Wildman–Crippen LogP) is 5.47. The van der Waals surface area contributed by atoms with Gasteiger partial charge in [-0.1, -0.05) is 74.0 Å². The number of nitrogens with zero attached hydrogens (tertiary/aromatic N) is 2. The summed E-state index contributed by atoms with van der Waals surface area (Å²) in [6, 6.07) is 24.8. The van der Waals surface area contributed by atoms with Crippen LogP contribution in [0.5, 0.6) is 0 Å². The van der Waals surface area contributed by atoms with Gasteiger partial charge in [-0.2, -0.15) is 0 Å². The number of halogens is 1. The molecule has 0 saturated heterocycles. The van der Waals surface area contributed by atoms with Crippen molar-refractivity contribution >= 4 is 23.3 Å². The Hall–Kier alpha value is -3.90.